The van der Waals surface area contributed by atoms with Gasteiger partial charge in [0.2, 0.25) is 5.91 Å². The number of nitrogens with zero attached hydrogens (tertiary/aromatic N) is 4. The molecule has 18 heteroatoms. The van der Waals surface area contributed by atoms with Crippen molar-refractivity contribution in [1.29, 1.82) is 0 Å². The molecule has 2 aromatic heterocycles. The Hall–Kier alpha value is -3.94. The minimum absolute atomic E-state index is 0.140. The zero-order chi connectivity index (χ0) is 37.3. The molecule has 7 N–H and O–H groups in total. The lowest BCUT2D eigenvalue weighted by Gasteiger charge is -2.49. The smallest absolute Gasteiger partial charge is 0.410 e. The molecular weight excluding hydrogens is 670 g/mol. The Morgan fingerprint density at radius 2 is 1.96 bits per heavy atom. The summed E-state index contributed by atoms with van der Waals surface area (Å²) in [5.74, 6) is -2.57. The number of morpholine rings is 1. The number of hydrogen-bond acceptors (Lipinski definition) is 13. The predicted molar refractivity (Wildman–Crippen MR) is 179 cm³/mol. The van der Waals surface area contributed by atoms with Crippen molar-refractivity contribution >= 4 is 34.9 Å². The number of carboxylic acid groups (broad SMARTS) is 1. The van der Waals surface area contributed by atoms with Crippen LogP contribution in [0.4, 0.5) is 4.79 Å². The maximum Gasteiger partial charge on any atom is 0.410 e. The molecular formula is C33H49N7O11. The van der Waals surface area contributed by atoms with Crippen molar-refractivity contribution in [3.63, 3.8) is 0 Å². The van der Waals surface area contributed by atoms with Crippen molar-refractivity contribution in [3.8, 4) is 0 Å². The second kappa shape index (κ2) is 15.0. The van der Waals surface area contributed by atoms with E-state index in [-0.39, 0.29) is 18.5 Å². The van der Waals surface area contributed by atoms with E-state index in [1.54, 1.807) is 38.7 Å². The van der Waals surface area contributed by atoms with Crippen LogP contribution in [-0.2, 0) is 23.8 Å². The number of aromatic nitrogens is 3. The monoisotopic (exact) mass is 719 g/mol. The van der Waals surface area contributed by atoms with Crippen LogP contribution in [0.25, 0.3) is 11.0 Å². The zero-order valence-corrected chi connectivity index (χ0v) is 29.5. The number of aliphatic carboxylic acids is 1. The number of pyridine rings is 1. The molecule has 51 heavy (non-hydrogen) atoms. The number of aromatic amines is 1. The van der Waals surface area contributed by atoms with Gasteiger partial charge in [0.1, 0.15) is 17.8 Å². The molecule has 3 amide bonds. The first-order chi connectivity index (χ1) is 23.9. The van der Waals surface area contributed by atoms with Crippen molar-refractivity contribution in [2.45, 2.75) is 101 Å². The highest BCUT2D eigenvalue weighted by atomic mass is 16.6. The van der Waals surface area contributed by atoms with Crippen LogP contribution in [0.15, 0.2) is 12.3 Å². The summed E-state index contributed by atoms with van der Waals surface area (Å²) in [5, 5.41) is 56.7. The summed E-state index contributed by atoms with van der Waals surface area (Å²) in [5.41, 5.74) is -2.01. The maximum atomic E-state index is 13.0. The van der Waals surface area contributed by atoms with E-state index in [4.69, 9.17) is 14.2 Å². The summed E-state index contributed by atoms with van der Waals surface area (Å²) >= 11 is 0. The first kappa shape index (κ1) is 38.3. The lowest BCUT2D eigenvalue weighted by atomic mass is 9.81. The van der Waals surface area contributed by atoms with Gasteiger partial charge in [-0.2, -0.15) is 5.10 Å². The number of carbonyl (C=O) groups is 4. The van der Waals surface area contributed by atoms with E-state index in [1.807, 2.05) is 0 Å². The van der Waals surface area contributed by atoms with Gasteiger partial charge in [-0.05, 0) is 40.2 Å². The van der Waals surface area contributed by atoms with E-state index in [9.17, 15) is 39.6 Å². The highest BCUT2D eigenvalue weighted by molar-refractivity contribution is 5.97. The first-order valence-corrected chi connectivity index (χ1v) is 17.1. The van der Waals surface area contributed by atoms with Crippen molar-refractivity contribution in [1.82, 2.24) is 35.6 Å². The van der Waals surface area contributed by atoms with Gasteiger partial charge in [-0.15, -0.1) is 0 Å². The fourth-order valence-electron chi connectivity index (χ4n) is 7.09. The van der Waals surface area contributed by atoms with E-state index in [0.717, 1.165) is 0 Å². The van der Waals surface area contributed by atoms with Crippen molar-refractivity contribution in [2.24, 2.45) is 0 Å². The molecule has 7 atom stereocenters. The Morgan fingerprint density at radius 3 is 2.65 bits per heavy atom. The van der Waals surface area contributed by atoms with Gasteiger partial charge in [0, 0.05) is 69.8 Å². The number of carbonyl (C=O) groups excluding carboxylic acids is 3. The summed E-state index contributed by atoms with van der Waals surface area (Å²) in [6, 6.07) is 0.297. The van der Waals surface area contributed by atoms with Gasteiger partial charge in [-0.3, -0.25) is 19.6 Å². The number of hydrogen-bond donors (Lipinski definition) is 7. The van der Waals surface area contributed by atoms with Crippen LogP contribution in [0.3, 0.4) is 0 Å². The average molecular weight is 720 g/mol. The Kier molecular flexibility index (Phi) is 11.2. The number of rotatable bonds is 10. The number of aryl methyl sites for hydroxylation is 1. The second-order valence-electron chi connectivity index (χ2n) is 14.8. The highest BCUT2D eigenvalue weighted by Gasteiger charge is 2.55. The average Bonchev–Trinajstić information content (AvgIpc) is 3.66. The SMILES string of the molecule is CC(=O)N[C@H]1[C@H]([C@H](O)[C@H](O)CNC(=O)c2cnc3n[nH]c(C)c3c2)O[C@@](CCN2CCOC[C@@]23CCN(C(=O)OC(C)(C)C)C3)(C(=O)O)C[C@@H]1O. The number of H-pyrrole nitrogens is 1. The Labute approximate surface area is 294 Å². The van der Waals surface area contributed by atoms with Crippen LogP contribution in [0.1, 0.15) is 63.0 Å². The van der Waals surface area contributed by atoms with Crippen LogP contribution in [0.2, 0.25) is 0 Å². The van der Waals surface area contributed by atoms with E-state index in [0.29, 0.717) is 56.0 Å². The summed E-state index contributed by atoms with van der Waals surface area (Å²) in [4.78, 5) is 58.7. The molecule has 282 valence electrons. The highest BCUT2D eigenvalue weighted by Crippen LogP contribution is 2.38. The number of likely N-dealkylation sites (tertiary alicyclic amines) is 1. The Morgan fingerprint density at radius 1 is 1.22 bits per heavy atom. The molecule has 3 saturated heterocycles. The third kappa shape index (κ3) is 8.42. The van der Waals surface area contributed by atoms with Crippen LogP contribution < -0.4 is 10.6 Å². The van der Waals surface area contributed by atoms with E-state index in [1.165, 1.54) is 13.1 Å². The number of fused-ring (bicyclic) bond motifs is 1. The van der Waals surface area contributed by atoms with Crippen LogP contribution in [0, 0.1) is 6.92 Å². The van der Waals surface area contributed by atoms with Crippen LogP contribution >= 0.6 is 0 Å². The third-order valence-corrected chi connectivity index (χ3v) is 9.81. The van der Waals surface area contributed by atoms with Gasteiger partial charge in [0.05, 0.1) is 42.6 Å². The van der Waals surface area contributed by atoms with Gasteiger partial charge in [-0.1, -0.05) is 0 Å². The third-order valence-electron chi connectivity index (χ3n) is 9.81. The summed E-state index contributed by atoms with van der Waals surface area (Å²) in [6.07, 6.45) is -5.75. The fourth-order valence-corrected chi connectivity index (χ4v) is 7.09. The van der Waals surface area contributed by atoms with Gasteiger partial charge in [-0.25, -0.2) is 14.6 Å². The Balaban J connectivity index is 1.30. The zero-order valence-electron chi connectivity index (χ0n) is 29.5. The van der Waals surface area contributed by atoms with Gasteiger partial charge in [0.25, 0.3) is 5.91 Å². The lowest BCUT2D eigenvalue weighted by molar-refractivity contribution is -0.231. The number of carboxylic acids is 1. The molecule has 3 aliphatic rings. The summed E-state index contributed by atoms with van der Waals surface area (Å²) in [7, 11) is 0. The lowest BCUT2D eigenvalue weighted by Crippen LogP contribution is -2.68. The van der Waals surface area contributed by atoms with Gasteiger partial charge >= 0.3 is 12.1 Å². The molecule has 3 aliphatic heterocycles. The quantitative estimate of drug-likeness (QED) is 0.161. The molecule has 0 unspecified atom stereocenters. The summed E-state index contributed by atoms with van der Waals surface area (Å²) in [6.45, 7) is 9.88. The number of amides is 3. The minimum atomic E-state index is -2.03. The van der Waals surface area contributed by atoms with Gasteiger partial charge < -0.3 is 50.2 Å². The summed E-state index contributed by atoms with van der Waals surface area (Å²) < 4.78 is 17.5. The number of aliphatic hydroxyl groups excluding tert-OH is 3. The van der Waals surface area contributed by atoms with E-state index < -0.39 is 84.0 Å². The number of ether oxygens (including phenoxy) is 3. The standard InChI is InChI=1S/C33H49N7O11/c1-18-21-12-20(14-34-27(21)38-37-18)28(45)35-15-23(43)25(44)26-24(36-19(2)41)22(42)13-33(50-26,29(46)47)7-9-40-10-11-49-17-32(40)6-8-39(16-32)30(48)51-31(3,4)5/h12,14,22-26,42-44H,6-11,13,15-17H2,1-5H3,(H,35,45)(H,36,41)(H,46,47)(H,34,37,38)/t22-,23+,24+,25+,26+,32-,33+/m0/s1. The predicted octanol–water partition coefficient (Wildman–Crippen LogP) is -0.702. The first-order valence-electron chi connectivity index (χ1n) is 17.1. The van der Waals surface area contributed by atoms with Crippen molar-refractivity contribution in [2.75, 3.05) is 45.9 Å². The minimum Gasteiger partial charge on any atom is -0.479 e. The van der Waals surface area contributed by atoms with Gasteiger partial charge in [0.15, 0.2) is 11.2 Å². The molecule has 2 aromatic rings. The molecule has 0 aliphatic carbocycles. The number of nitrogens with one attached hydrogen (secondary N) is 3. The molecule has 5 rings (SSSR count). The second-order valence-corrected chi connectivity index (χ2v) is 14.8. The van der Waals surface area contributed by atoms with Crippen molar-refractivity contribution in [3.05, 3.63) is 23.5 Å². The normalized spacial score (nSPS) is 28.4. The number of aliphatic hydroxyl groups is 3. The van der Waals surface area contributed by atoms with Crippen LogP contribution in [0.5, 0.6) is 0 Å². The van der Waals surface area contributed by atoms with Crippen LogP contribution in [-0.4, -0.2) is 162 Å². The Bertz CT molecular complexity index is 1610. The maximum absolute atomic E-state index is 13.0. The molecule has 1 spiro atoms. The van der Waals surface area contributed by atoms with E-state index >= 15 is 0 Å². The fraction of sp³-hybridized carbons (Fsp3) is 0.697. The topological polar surface area (TPSA) is 249 Å². The molecule has 18 nitrogen and oxygen atoms in total. The van der Waals surface area contributed by atoms with E-state index in [2.05, 4.69) is 30.7 Å². The molecule has 0 radical (unpaired) electrons. The molecule has 0 aromatic carbocycles. The molecule has 5 heterocycles. The molecule has 3 fully saturated rings. The van der Waals surface area contributed by atoms with Crippen molar-refractivity contribution < 1.29 is 53.8 Å². The molecule has 0 saturated carbocycles. The largest absolute Gasteiger partial charge is 0.479 e. The molecule has 0 bridgehead atoms.